The predicted octanol–water partition coefficient (Wildman–Crippen LogP) is 3.07. The highest BCUT2D eigenvalue weighted by Crippen LogP contribution is 2.43. The summed E-state index contributed by atoms with van der Waals surface area (Å²) in [6.45, 7) is 5.20. The summed E-state index contributed by atoms with van der Waals surface area (Å²) in [5.74, 6) is 2.35. The Morgan fingerprint density at radius 2 is 2.00 bits per heavy atom. The van der Waals surface area contributed by atoms with Crippen LogP contribution in [0.3, 0.4) is 0 Å². The molecule has 1 aliphatic carbocycles. The Kier molecular flexibility index (Phi) is 4.04. The van der Waals surface area contributed by atoms with E-state index < -0.39 is 0 Å². The number of hydrogen-bond donors (Lipinski definition) is 1. The quantitative estimate of drug-likeness (QED) is 0.906. The molecular formula is C17H23NO3. The monoisotopic (exact) mass is 289 g/mol. The smallest absolute Gasteiger partial charge is 0.223 e. The summed E-state index contributed by atoms with van der Waals surface area (Å²) < 4.78 is 11.2. The number of carbonyl (C=O) groups is 1. The third-order valence-corrected chi connectivity index (χ3v) is 4.38. The number of benzene rings is 1. The molecule has 1 aromatic carbocycles. The zero-order valence-corrected chi connectivity index (χ0v) is 12.7. The summed E-state index contributed by atoms with van der Waals surface area (Å²) >= 11 is 0. The number of carbonyl (C=O) groups excluding carboxylic acids is 1. The molecule has 21 heavy (non-hydrogen) atoms. The molecule has 3 rings (SSSR count). The third kappa shape index (κ3) is 3.14. The first-order valence-electron chi connectivity index (χ1n) is 7.89. The zero-order valence-electron chi connectivity index (χ0n) is 12.7. The van der Waals surface area contributed by atoms with Crippen LogP contribution >= 0.6 is 0 Å². The van der Waals surface area contributed by atoms with E-state index in [0.29, 0.717) is 19.1 Å². The molecule has 0 spiro atoms. The summed E-state index contributed by atoms with van der Waals surface area (Å²) in [5.41, 5.74) is 1.12. The molecule has 4 nitrogen and oxygen atoms in total. The molecule has 0 unspecified atom stereocenters. The van der Waals surface area contributed by atoms with Crippen molar-refractivity contribution in [3.63, 3.8) is 0 Å². The van der Waals surface area contributed by atoms with E-state index in [1.807, 2.05) is 32.0 Å². The van der Waals surface area contributed by atoms with Gasteiger partial charge in [0.15, 0.2) is 11.5 Å². The maximum Gasteiger partial charge on any atom is 0.223 e. The van der Waals surface area contributed by atoms with Crippen molar-refractivity contribution < 1.29 is 14.3 Å². The van der Waals surface area contributed by atoms with Crippen molar-refractivity contribution in [2.45, 2.75) is 39.2 Å². The van der Waals surface area contributed by atoms with Crippen molar-refractivity contribution >= 4 is 5.91 Å². The average Bonchev–Trinajstić information content (AvgIpc) is 3.35. The highest BCUT2D eigenvalue weighted by Gasteiger charge is 2.34. The van der Waals surface area contributed by atoms with Gasteiger partial charge in [-0.25, -0.2) is 0 Å². The molecule has 0 bridgehead atoms. The van der Waals surface area contributed by atoms with E-state index in [-0.39, 0.29) is 17.9 Å². The van der Waals surface area contributed by atoms with E-state index in [0.717, 1.165) is 23.5 Å². The fourth-order valence-corrected chi connectivity index (χ4v) is 2.64. The molecule has 114 valence electrons. The number of nitrogens with one attached hydrogen (secondary N) is 1. The molecule has 2 atom stereocenters. The van der Waals surface area contributed by atoms with Crippen molar-refractivity contribution in [2.24, 2.45) is 11.8 Å². The fourth-order valence-electron chi connectivity index (χ4n) is 2.64. The number of fused-ring (bicyclic) bond motifs is 1. The van der Waals surface area contributed by atoms with E-state index >= 15 is 0 Å². The van der Waals surface area contributed by atoms with Gasteiger partial charge in [-0.3, -0.25) is 4.79 Å². The van der Waals surface area contributed by atoms with Crippen LogP contribution in [0.15, 0.2) is 18.2 Å². The molecule has 0 aromatic heterocycles. The molecule has 0 saturated heterocycles. The number of hydrogen-bond acceptors (Lipinski definition) is 3. The van der Waals surface area contributed by atoms with Gasteiger partial charge in [0.25, 0.3) is 0 Å². The minimum absolute atomic E-state index is 0.0588. The minimum atomic E-state index is 0.0588. The molecular weight excluding hydrogens is 266 g/mol. The third-order valence-electron chi connectivity index (χ3n) is 4.38. The molecule has 1 aromatic rings. The van der Waals surface area contributed by atoms with Gasteiger partial charge in [0.2, 0.25) is 5.91 Å². The first kappa shape index (κ1) is 14.2. The van der Waals surface area contributed by atoms with Crippen LogP contribution in [0.5, 0.6) is 11.5 Å². The summed E-state index contributed by atoms with van der Waals surface area (Å²) in [5, 5.41) is 3.22. The molecule has 1 aliphatic heterocycles. The van der Waals surface area contributed by atoms with Gasteiger partial charge >= 0.3 is 0 Å². The molecule has 4 heteroatoms. The van der Waals surface area contributed by atoms with Gasteiger partial charge in [-0.1, -0.05) is 19.9 Å². The van der Waals surface area contributed by atoms with E-state index in [9.17, 15) is 4.79 Å². The van der Waals surface area contributed by atoms with E-state index in [1.54, 1.807) is 0 Å². The average molecular weight is 289 g/mol. The second-order valence-corrected chi connectivity index (χ2v) is 6.04. The lowest BCUT2D eigenvalue weighted by Crippen LogP contribution is -2.33. The van der Waals surface area contributed by atoms with Crippen LogP contribution in [0.4, 0.5) is 0 Å². The van der Waals surface area contributed by atoms with Crippen LogP contribution in [0.2, 0.25) is 0 Å². The normalized spacial score (nSPS) is 19.7. The van der Waals surface area contributed by atoms with Crippen LogP contribution < -0.4 is 14.8 Å². The van der Waals surface area contributed by atoms with Crippen LogP contribution in [-0.4, -0.2) is 19.1 Å². The standard InChI is InChI=1S/C17H23NO3/c1-3-11(2)17(19)18-16(12-4-5-12)13-6-7-14-15(10-13)21-9-8-20-14/h6-7,10-12,16H,3-5,8-9H2,1-2H3,(H,18,19)/t11-,16-/m1/s1. The fraction of sp³-hybridized carbons (Fsp3) is 0.588. The van der Waals surface area contributed by atoms with Gasteiger partial charge in [0, 0.05) is 5.92 Å². The minimum Gasteiger partial charge on any atom is -0.486 e. The lowest BCUT2D eigenvalue weighted by atomic mass is 10.00. The van der Waals surface area contributed by atoms with Crippen LogP contribution in [-0.2, 0) is 4.79 Å². The number of ether oxygens (including phenoxy) is 2. The zero-order chi connectivity index (χ0) is 14.8. The number of rotatable bonds is 5. The molecule has 1 saturated carbocycles. The SMILES string of the molecule is CC[C@@H](C)C(=O)N[C@@H](c1ccc2c(c1)OCCO2)C1CC1. The van der Waals surface area contributed by atoms with Crippen molar-refractivity contribution in [3.05, 3.63) is 23.8 Å². The van der Waals surface area contributed by atoms with Crippen LogP contribution in [0.1, 0.15) is 44.7 Å². The Bertz CT molecular complexity index is 525. The Balaban J connectivity index is 1.79. The Labute approximate surface area is 125 Å². The largest absolute Gasteiger partial charge is 0.486 e. The van der Waals surface area contributed by atoms with Gasteiger partial charge in [-0.05, 0) is 42.9 Å². The second-order valence-electron chi connectivity index (χ2n) is 6.04. The first-order chi connectivity index (χ1) is 10.2. The van der Waals surface area contributed by atoms with Crippen molar-refractivity contribution in [1.29, 1.82) is 0 Å². The molecule has 1 amide bonds. The van der Waals surface area contributed by atoms with Crippen molar-refractivity contribution in [1.82, 2.24) is 5.32 Å². The summed E-state index contributed by atoms with van der Waals surface area (Å²) in [7, 11) is 0. The predicted molar refractivity (Wildman–Crippen MR) is 80.5 cm³/mol. The van der Waals surface area contributed by atoms with E-state index in [1.165, 1.54) is 12.8 Å². The van der Waals surface area contributed by atoms with Crippen molar-refractivity contribution in [2.75, 3.05) is 13.2 Å². The van der Waals surface area contributed by atoms with Gasteiger partial charge in [0.1, 0.15) is 13.2 Å². The maximum absolute atomic E-state index is 12.2. The second kappa shape index (κ2) is 5.96. The first-order valence-corrected chi connectivity index (χ1v) is 7.89. The highest BCUT2D eigenvalue weighted by atomic mass is 16.6. The Morgan fingerprint density at radius 1 is 1.29 bits per heavy atom. The number of amides is 1. The lowest BCUT2D eigenvalue weighted by Gasteiger charge is -2.24. The van der Waals surface area contributed by atoms with E-state index in [2.05, 4.69) is 5.32 Å². The maximum atomic E-state index is 12.2. The summed E-state index contributed by atoms with van der Waals surface area (Å²) in [6.07, 6.45) is 3.23. The van der Waals surface area contributed by atoms with Crippen LogP contribution in [0.25, 0.3) is 0 Å². The lowest BCUT2D eigenvalue weighted by molar-refractivity contribution is -0.125. The Hall–Kier alpha value is -1.71. The van der Waals surface area contributed by atoms with Gasteiger partial charge in [-0.15, -0.1) is 0 Å². The molecule has 2 aliphatic rings. The van der Waals surface area contributed by atoms with E-state index in [4.69, 9.17) is 9.47 Å². The van der Waals surface area contributed by atoms with Crippen LogP contribution in [0, 0.1) is 11.8 Å². The molecule has 1 N–H and O–H groups in total. The van der Waals surface area contributed by atoms with Gasteiger partial charge < -0.3 is 14.8 Å². The summed E-state index contributed by atoms with van der Waals surface area (Å²) in [4.78, 5) is 12.2. The van der Waals surface area contributed by atoms with Gasteiger partial charge in [0.05, 0.1) is 6.04 Å². The topological polar surface area (TPSA) is 47.6 Å². The summed E-state index contributed by atoms with van der Waals surface area (Å²) in [6, 6.07) is 6.12. The Morgan fingerprint density at radius 3 is 2.67 bits per heavy atom. The van der Waals surface area contributed by atoms with Crippen molar-refractivity contribution in [3.8, 4) is 11.5 Å². The molecule has 1 heterocycles. The van der Waals surface area contributed by atoms with Gasteiger partial charge in [-0.2, -0.15) is 0 Å². The molecule has 1 fully saturated rings. The highest BCUT2D eigenvalue weighted by molar-refractivity contribution is 5.78. The molecule has 0 radical (unpaired) electrons.